The second-order valence-corrected chi connectivity index (χ2v) is 8.34. The molecule has 12 heteroatoms. The number of benzene rings is 2. The predicted octanol–water partition coefficient (Wildman–Crippen LogP) is 1.79. The Balaban J connectivity index is 1.61. The summed E-state index contributed by atoms with van der Waals surface area (Å²) < 4.78 is 43.1. The van der Waals surface area contributed by atoms with E-state index in [1.807, 2.05) is 0 Å². The molecular formula is C18H18N4O7S. The SMILES string of the molecule is O=[N+]([O-])c1ccc(N/N=C/c2ccc3c(c2)OCO3)c(S(=O)(=O)N2CCOCC2)c1. The smallest absolute Gasteiger partial charge is 0.270 e. The summed E-state index contributed by atoms with van der Waals surface area (Å²) >= 11 is 0. The van der Waals surface area contributed by atoms with Gasteiger partial charge in [-0.25, -0.2) is 8.42 Å². The van der Waals surface area contributed by atoms with E-state index in [-0.39, 0.29) is 49.4 Å². The highest BCUT2D eigenvalue weighted by Crippen LogP contribution is 2.32. The number of non-ortho nitro benzene ring substituents is 1. The van der Waals surface area contributed by atoms with Crippen molar-refractivity contribution in [3.8, 4) is 11.5 Å². The van der Waals surface area contributed by atoms with Gasteiger partial charge in [-0.3, -0.25) is 15.5 Å². The predicted molar refractivity (Wildman–Crippen MR) is 106 cm³/mol. The number of ether oxygens (including phenoxy) is 3. The Bertz CT molecular complexity index is 1100. The van der Waals surface area contributed by atoms with Crippen LogP contribution < -0.4 is 14.9 Å². The Morgan fingerprint density at radius 3 is 2.63 bits per heavy atom. The van der Waals surface area contributed by atoms with Crippen LogP contribution in [0.15, 0.2) is 46.4 Å². The molecule has 0 saturated carbocycles. The molecule has 2 heterocycles. The van der Waals surface area contributed by atoms with E-state index in [2.05, 4.69) is 10.5 Å². The van der Waals surface area contributed by atoms with Crippen LogP contribution in [-0.2, 0) is 14.8 Å². The number of nitro groups is 1. The van der Waals surface area contributed by atoms with Gasteiger partial charge in [0.25, 0.3) is 5.69 Å². The van der Waals surface area contributed by atoms with Gasteiger partial charge in [-0.2, -0.15) is 9.41 Å². The third kappa shape index (κ3) is 4.06. The summed E-state index contributed by atoms with van der Waals surface area (Å²) in [6.45, 7) is 1.02. The molecule has 30 heavy (non-hydrogen) atoms. The molecule has 0 radical (unpaired) electrons. The van der Waals surface area contributed by atoms with Crippen molar-refractivity contribution >= 4 is 27.6 Å². The van der Waals surface area contributed by atoms with Crippen LogP contribution in [0, 0.1) is 10.1 Å². The summed E-state index contributed by atoms with van der Waals surface area (Å²) in [7, 11) is -3.98. The van der Waals surface area contributed by atoms with Gasteiger partial charge < -0.3 is 14.2 Å². The fourth-order valence-corrected chi connectivity index (χ4v) is 4.60. The summed E-state index contributed by atoms with van der Waals surface area (Å²) in [5.41, 5.74) is 3.18. The summed E-state index contributed by atoms with van der Waals surface area (Å²) in [6.07, 6.45) is 1.48. The van der Waals surface area contributed by atoms with E-state index in [4.69, 9.17) is 14.2 Å². The van der Waals surface area contributed by atoms with Crippen molar-refractivity contribution in [2.45, 2.75) is 4.90 Å². The highest BCUT2D eigenvalue weighted by Gasteiger charge is 2.30. The maximum absolute atomic E-state index is 13.1. The van der Waals surface area contributed by atoms with Crippen LogP contribution in [0.1, 0.15) is 5.56 Å². The molecule has 158 valence electrons. The largest absolute Gasteiger partial charge is 0.454 e. The molecule has 0 amide bonds. The Labute approximate surface area is 172 Å². The van der Waals surface area contributed by atoms with Gasteiger partial charge in [0.1, 0.15) is 4.90 Å². The van der Waals surface area contributed by atoms with Crippen LogP contribution in [0.3, 0.4) is 0 Å². The van der Waals surface area contributed by atoms with Crippen LogP contribution in [0.4, 0.5) is 11.4 Å². The molecule has 2 aromatic carbocycles. The molecule has 0 atom stereocenters. The van der Waals surface area contributed by atoms with Crippen LogP contribution in [0.25, 0.3) is 0 Å². The van der Waals surface area contributed by atoms with E-state index in [0.717, 1.165) is 6.07 Å². The number of hydrogen-bond acceptors (Lipinski definition) is 9. The molecule has 0 aromatic heterocycles. The Morgan fingerprint density at radius 2 is 1.87 bits per heavy atom. The average molecular weight is 434 g/mol. The normalized spacial score (nSPS) is 16.7. The molecule has 4 rings (SSSR count). The highest BCUT2D eigenvalue weighted by atomic mass is 32.2. The maximum Gasteiger partial charge on any atom is 0.270 e. The maximum atomic E-state index is 13.1. The van der Waals surface area contributed by atoms with Gasteiger partial charge >= 0.3 is 0 Å². The fourth-order valence-electron chi connectivity index (χ4n) is 3.03. The minimum atomic E-state index is -3.98. The van der Waals surface area contributed by atoms with Crippen molar-refractivity contribution in [2.75, 3.05) is 38.5 Å². The summed E-state index contributed by atoms with van der Waals surface area (Å²) in [4.78, 5) is 10.3. The minimum Gasteiger partial charge on any atom is -0.454 e. The van der Waals surface area contributed by atoms with Crippen LogP contribution in [0.2, 0.25) is 0 Å². The Kier molecular flexibility index (Phi) is 5.53. The van der Waals surface area contributed by atoms with E-state index in [1.165, 1.54) is 22.7 Å². The number of morpholine rings is 1. The zero-order valence-electron chi connectivity index (χ0n) is 15.7. The second kappa shape index (κ2) is 8.26. The third-order valence-corrected chi connectivity index (χ3v) is 6.50. The number of fused-ring (bicyclic) bond motifs is 1. The van der Waals surface area contributed by atoms with Crippen molar-refractivity contribution in [2.24, 2.45) is 5.10 Å². The van der Waals surface area contributed by atoms with Crippen LogP contribution >= 0.6 is 0 Å². The molecule has 0 aliphatic carbocycles. The van der Waals surface area contributed by atoms with Crippen LogP contribution in [-0.4, -0.2) is 57.0 Å². The van der Waals surface area contributed by atoms with Gasteiger partial charge in [0.05, 0.1) is 30.0 Å². The van der Waals surface area contributed by atoms with Gasteiger partial charge in [0, 0.05) is 25.2 Å². The number of hydrazone groups is 1. The molecule has 2 aliphatic rings. The van der Waals surface area contributed by atoms with E-state index in [9.17, 15) is 18.5 Å². The Hall–Kier alpha value is -3.22. The standard InChI is InChI=1S/C18H18N4O7S/c23-22(24)14-2-3-15(18(10-14)30(25,26)21-5-7-27-8-6-21)20-19-11-13-1-4-16-17(9-13)29-12-28-16/h1-4,9-11,20H,5-8,12H2/b19-11+. The monoisotopic (exact) mass is 434 g/mol. The number of nitro benzene ring substituents is 1. The number of nitrogens with zero attached hydrogens (tertiary/aromatic N) is 3. The lowest BCUT2D eigenvalue weighted by Crippen LogP contribution is -2.40. The number of hydrogen-bond donors (Lipinski definition) is 1. The van der Waals surface area contributed by atoms with Crippen molar-refractivity contribution in [1.29, 1.82) is 0 Å². The van der Waals surface area contributed by atoms with E-state index >= 15 is 0 Å². The second-order valence-electron chi connectivity index (χ2n) is 6.44. The lowest BCUT2D eigenvalue weighted by molar-refractivity contribution is -0.385. The van der Waals surface area contributed by atoms with Gasteiger partial charge in [-0.15, -0.1) is 0 Å². The highest BCUT2D eigenvalue weighted by molar-refractivity contribution is 7.89. The Morgan fingerprint density at radius 1 is 1.10 bits per heavy atom. The summed E-state index contributed by atoms with van der Waals surface area (Å²) in [5, 5.41) is 15.2. The molecule has 0 bridgehead atoms. The number of rotatable bonds is 6. The lowest BCUT2D eigenvalue weighted by atomic mass is 10.2. The minimum absolute atomic E-state index is 0.129. The molecule has 11 nitrogen and oxygen atoms in total. The van der Waals surface area contributed by atoms with Gasteiger partial charge in [0.2, 0.25) is 16.8 Å². The fraction of sp³-hybridized carbons (Fsp3) is 0.278. The molecule has 1 saturated heterocycles. The summed E-state index contributed by atoms with van der Waals surface area (Å²) in [6, 6.07) is 8.81. The molecule has 0 spiro atoms. The first kappa shape index (κ1) is 20.1. The molecule has 1 fully saturated rings. The topological polar surface area (TPSA) is 133 Å². The van der Waals surface area contributed by atoms with Crippen LogP contribution in [0.5, 0.6) is 11.5 Å². The van der Waals surface area contributed by atoms with Gasteiger partial charge in [-0.05, 0) is 29.8 Å². The quantitative estimate of drug-likeness (QED) is 0.413. The molecule has 2 aliphatic heterocycles. The van der Waals surface area contributed by atoms with E-state index in [0.29, 0.717) is 17.1 Å². The first-order chi connectivity index (χ1) is 14.4. The number of anilines is 1. The van der Waals surface area contributed by atoms with E-state index in [1.54, 1.807) is 18.2 Å². The van der Waals surface area contributed by atoms with Crippen molar-refractivity contribution in [3.05, 3.63) is 52.1 Å². The first-order valence-corrected chi connectivity index (χ1v) is 10.4. The molecular weight excluding hydrogens is 416 g/mol. The number of nitrogens with one attached hydrogen (secondary N) is 1. The van der Waals surface area contributed by atoms with Crippen molar-refractivity contribution < 1.29 is 27.6 Å². The van der Waals surface area contributed by atoms with Gasteiger partial charge in [-0.1, -0.05) is 0 Å². The summed E-state index contributed by atoms with van der Waals surface area (Å²) in [5.74, 6) is 1.22. The lowest BCUT2D eigenvalue weighted by Gasteiger charge is -2.26. The number of sulfonamides is 1. The first-order valence-electron chi connectivity index (χ1n) is 9.00. The third-order valence-electron chi connectivity index (χ3n) is 4.56. The molecule has 0 unspecified atom stereocenters. The molecule has 2 aromatic rings. The van der Waals surface area contributed by atoms with Crippen molar-refractivity contribution in [3.63, 3.8) is 0 Å². The van der Waals surface area contributed by atoms with Crippen molar-refractivity contribution in [1.82, 2.24) is 4.31 Å². The zero-order chi connectivity index (χ0) is 21.1. The van der Waals surface area contributed by atoms with Gasteiger partial charge in [0.15, 0.2) is 11.5 Å². The zero-order valence-corrected chi connectivity index (χ0v) is 16.5. The van der Waals surface area contributed by atoms with E-state index < -0.39 is 14.9 Å². The average Bonchev–Trinajstić information content (AvgIpc) is 3.22. The molecule has 1 N–H and O–H groups in total.